The molecule has 0 spiro atoms. The van der Waals surface area contributed by atoms with Crippen LogP contribution in [0.2, 0.25) is 0 Å². The monoisotopic (exact) mass is 392 g/mol. The normalized spacial score (nSPS) is 16.8. The van der Waals surface area contributed by atoms with E-state index in [1.54, 1.807) is 18.5 Å². The van der Waals surface area contributed by atoms with Gasteiger partial charge in [-0.3, -0.25) is 14.5 Å². The van der Waals surface area contributed by atoms with Crippen molar-refractivity contribution in [2.45, 2.75) is 38.3 Å². The maximum atomic E-state index is 13.5. The molecule has 0 bridgehead atoms. The zero-order chi connectivity index (χ0) is 19.6. The summed E-state index contributed by atoms with van der Waals surface area (Å²) in [5.41, 5.74) is -0.503. The Morgan fingerprint density at radius 3 is 2.81 bits per heavy atom. The van der Waals surface area contributed by atoms with E-state index < -0.39 is 30.0 Å². The number of nitrogens with zero attached hydrogens (tertiary/aromatic N) is 5. The maximum absolute atomic E-state index is 13.5. The first-order chi connectivity index (χ1) is 12.9. The standard InChI is InChI=1S/C17H18F2N6OS/c1-9(17-21-5-6-27-17)22-13(11(7-20)16(26)23-10-3-4-10)12-8-25(2)24-14(12)15(18)19/h5-6,8-11,15H,3-4H2,1-2H3,(H,23,26). The molecule has 1 aliphatic rings. The highest BCUT2D eigenvalue weighted by Crippen LogP contribution is 2.28. The van der Waals surface area contributed by atoms with Gasteiger partial charge in [-0.15, -0.1) is 11.3 Å². The van der Waals surface area contributed by atoms with Crippen molar-refractivity contribution in [1.29, 1.82) is 5.26 Å². The number of alkyl halides is 2. The van der Waals surface area contributed by atoms with Gasteiger partial charge in [-0.25, -0.2) is 13.8 Å². The summed E-state index contributed by atoms with van der Waals surface area (Å²) in [6.45, 7) is 1.74. The number of aryl methyl sites for hydroxylation is 1. The van der Waals surface area contributed by atoms with Gasteiger partial charge in [0, 0.05) is 36.4 Å². The summed E-state index contributed by atoms with van der Waals surface area (Å²) >= 11 is 1.36. The van der Waals surface area contributed by atoms with E-state index in [2.05, 4.69) is 20.4 Å². The molecule has 0 saturated heterocycles. The van der Waals surface area contributed by atoms with Gasteiger partial charge >= 0.3 is 0 Å². The van der Waals surface area contributed by atoms with Gasteiger partial charge in [-0.05, 0) is 19.8 Å². The Hall–Kier alpha value is -2.67. The highest BCUT2D eigenvalue weighted by Gasteiger charge is 2.34. The Morgan fingerprint density at radius 1 is 1.52 bits per heavy atom. The van der Waals surface area contributed by atoms with Crippen LogP contribution < -0.4 is 5.32 Å². The molecule has 0 radical (unpaired) electrons. The van der Waals surface area contributed by atoms with Crippen molar-refractivity contribution in [3.8, 4) is 6.07 Å². The smallest absolute Gasteiger partial charge is 0.282 e. The highest BCUT2D eigenvalue weighted by atomic mass is 32.1. The second-order valence-electron chi connectivity index (χ2n) is 6.31. The topological polar surface area (TPSA) is 96.0 Å². The Bertz CT molecular complexity index is 882. The van der Waals surface area contributed by atoms with E-state index in [0.29, 0.717) is 5.01 Å². The van der Waals surface area contributed by atoms with Crippen LogP contribution in [-0.4, -0.2) is 32.4 Å². The fourth-order valence-electron chi connectivity index (χ4n) is 2.62. The molecular weight excluding hydrogens is 374 g/mol. The number of halogens is 2. The molecule has 1 saturated carbocycles. The molecule has 1 fully saturated rings. The van der Waals surface area contributed by atoms with E-state index in [1.807, 2.05) is 6.07 Å². The average molecular weight is 392 g/mol. The van der Waals surface area contributed by atoms with Gasteiger partial charge in [0.25, 0.3) is 6.43 Å². The lowest BCUT2D eigenvalue weighted by Gasteiger charge is -2.15. The van der Waals surface area contributed by atoms with Crippen molar-refractivity contribution in [3.05, 3.63) is 34.0 Å². The molecule has 2 heterocycles. The number of thiazole rings is 1. The molecule has 1 amide bonds. The van der Waals surface area contributed by atoms with E-state index >= 15 is 0 Å². The number of hydrogen-bond donors (Lipinski definition) is 1. The summed E-state index contributed by atoms with van der Waals surface area (Å²) < 4.78 is 28.2. The summed E-state index contributed by atoms with van der Waals surface area (Å²) in [5, 5.41) is 18.6. The van der Waals surface area contributed by atoms with Crippen LogP contribution in [0, 0.1) is 17.2 Å². The van der Waals surface area contributed by atoms with Crippen molar-refractivity contribution >= 4 is 23.0 Å². The minimum Gasteiger partial charge on any atom is -0.352 e. The molecule has 2 unspecified atom stereocenters. The number of carbonyl (C=O) groups is 1. The largest absolute Gasteiger partial charge is 0.352 e. The van der Waals surface area contributed by atoms with Gasteiger partial charge in [0.05, 0.1) is 17.8 Å². The van der Waals surface area contributed by atoms with E-state index in [4.69, 9.17) is 0 Å². The molecule has 27 heavy (non-hydrogen) atoms. The summed E-state index contributed by atoms with van der Waals surface area (Å²) in [4.78, 5) is 21.2. The van der Waals surface area contributed by atoms with Gasteiger partial charge in [0.15, 0.2) is 5.92 Å². The number of nitriles is 1. The van der Waals surface area contributed by atoms with Crippen LogP contribution in [-0.2, 0) is 11.8 Å². The zero-order valence-corrected chi connectivity index (χ0v) is 15.6. The molecule has 0 aromatic carbocycles. The lowest BCUT2D eigenvalue weighted by atomic mass is 9.96. The third-order valence-corrected chi connectivity index (χ3v) is 5.02. The molecular formula is C17H18F2N6OS. The van der Waals surface area contributed by atoms with Gasteiger partial charge in [-0.1, -0.05) is 0 Å². The Balaban J connectivity index is 2.05. The third-order valence-electron chi connectivity index (χ3n) is 4.07. The van der Waals surface area contributed by atoms with Crippen LogP contribution in [0.25, 0.3) is 0 Å². The molecule has 10 heteroatoms. The lowest BCUT2D eigenvalue weighted by Crippen LogP contribution is -2.36. The predicted molar refractivity (Wildman–Crippen MR) is 95.5 cm³/mol. The number of aromatic nitrogens is 3. The fourth-order valence-corrected chi connectivity index (χ4v) is 3.26. The molecule has 1 aliphatic carbocycles. The number of hydrogen-bond acceptors (Lipinski definition) is 6. The maximum Gasteiger partial charge on any atom is 0.282 e. The van der Waals surface area contributed by atoms with Crippen molar-refractivity contribution in [2.24, 2.45) is 18.0 Å². The Kier molecular flexibility index (Phi) is 5.60. The van der Waals surface area contributed by atoms with Crippen LogP contribution in [0.5, 0.6) is 0 Å². The van der Waals surface area contributed by atoms with Crippen molar-refractivity contribution in [1.82, 2.24) is 20.1 Å². The summed E-state index contributed by atoms with van der Waals surface area (Å²) in [5.74, 6) is -1.84. The Labute approximate surface area is 158 Å². The SMILES string of the molecule is CC(N=C(c1cn(C)nc1C(F)F)C(C#N)C(=O)NC1CC1)c1nccs1. The average Bonchev–Trinajstić information content (AvgIpc) is 3.11. The molecule has 2 aromatic heterocycles. The van der Waals surface area contributed by atoms with E-state index in [0.717, 1.165) is 12.8 Å². The second kappa shape index (κ2) is 7.92. The summed E-state index contributed by atoms with van der Waals surface area (Å²) in [7, 11) is 1.50. The first-order valence-electron chi connectivity index (χ1n) is 8.39. The fraction of sp³-hybridized carbons (Fsp3) is 0.471. The van der Waals surface area contributed by atoms with Crippen molar-refractivity contribution in [3.63, 3.8) is 0 Å². The number of aliphatic imine (C=N–C) groups is 1. The minimum atomic E-state index is -2.85. The van der Waals surface area contributed by atoms with Crippen LogP contribution >= 0.6 is 11.3 Å². The summed E-state index contributed by atoms with van der Waals surface area (Å²) in [6.07, 6.45) is 1.82. The van der Waals surface area contributed by atoms with E-state index in [-0.39, 0.29) is 17.3 Å². The molecule has 2 aromatic rings. The molecule has 1 N–H and O–H groups in total. The van der Waals surface area contributed by atoms with Crippen molar-refractivity contribution in [2.75, 3.05) is 0 Å². The van der Waals surface area contributed by atoms with Crippen molar-refractivity contribution < 1.29 is 13.6 Å². The quantitative estimate of drug-likeness (QED) is 0.733. The number of carbonyl (C=O) groups excluding carboxylic acids is 1. The molecule has 7 nitrogen and oxygen atoms in total. The molecule has 2 atom stereocenters. The van der Waals surface area contributed by atoms with Crippen LogP contribution in [0.15, 0.2) is 22.8 Å². The number of rotatable bonds is 7. The van der Waals surface area contributed by atoms with E-state index in [1.165, 1.54) is 29.3 Å². The number of amides is 1. The van der Waals surface area contributed by atoms with Crippen LogP contribution in [0.4, 0.5) is 8.78 Å². The van der Waals surface area contributed by atoms with Gasteiger partial charge in [0.2, 0.25) is 5.91 Å². The van der Waals surface area contributed by atoms with Crippen LogP contribution in [0.3, 0.4) is 0 Å². The second-order valence-corrected chi connectivity index (χ2v) is 7.23. The zero-order valence-electron chi connectivity index (χ0n) is 14.8. The lowest BCUT2D eigenvalue weighted by molar-refractivity contribution is -0.121. The van der Waals surface area contributed by atoms with Crippen LogP contribution in [0.1, 0.15) is 48.5 Å². The Morgan fingerprint density at radius 2 is 2.26 bits per heavy atom. The molecule has 3 rings (SSSR count). The highest BCUT2D eigenvalue weighted by molar-refractivity contribution is 7.09. The third kappa shape index (κ3) is 4.36. The predicted octanol–water partition coefficient (Wildman–Crippen LogP) is 2.78. The van der Waals surface area contributed by atoms with Gasteiger partial charge < -0.3 is 5.32 Å². The first-order valence-corrected chi connectivity index (χ1v) is 9.27. The minimum absolute atomic E-state index is 0.00778. The molecule has 142 valence electrons. The van der Waals surface area contributed by atoms with Gasteiger partial charge in [0.1, 0.15) is 10.7 Å². The summed E-state index contributed by atoms with van der Waals surface area (Å²) in [6, 6.07) is 1.46. The van der Waals surface area contributed by atoms with E-state index in [9.17, 15) is 18.8 Å². The number of nitrogens with one attached hydrogen (secondary N) is 1. The van der Waals surface area contributed by atoms with Gasteiger partial charge in [-0.2, -0.15) is 10.4 Å². The molecule has 0 aliphatic heterocycles. The first kappa shape index (κ1) is 19.1.